The number of amides is 1. The average molecular weight is 354 g/mol. The van der Waals surface area contributed by atoms with E-state index in [1.54, 1.807) is 24.3 Å². The lowest BCUT2D eigenvalue weighted by Crippen LogP contribution is -3.14. The molecule has 0 radical (unpaired) electrons. The van der Waals surface area contributed by atoms with E-state index in [1.165, 1.54) is 16.2 Å². The molecule has 1 amide bonds. The summed E-state index contributed by atoms with van der Waals surface area (Å²) in [5.74, 6) is -0.205. The number of rotatable bonds is 5. The normalized spacial score (nSPS) is 15.5. The van der Waals surface area contributed by atoms with Gasteiger partial charge in [-0.25, -0.2) is 0 Å². The molecule has 6 nitrogen and oxygen atoms in total. The van der Waals surface area contributed by atoms with E-state index in [2.05, 4.69) is 15.5 Å². The highest BCUT2D eigenvalue weighted by Crippen LogP contribution is 2.17. The zero-order valence-electron chi connectivity index (χ0n) is 12.5. The third-order valence-corrected chi connectivity index (χ3v) is 4.84. The van der Waals surface area contributed by atoms with Gasteiger partial charge in [-0.05, 0) is 24.3 Å². The Kier molecular flexibility index (Phi) is 5.56. The second kappa shape index (κ2) is 7.83. The van der Waals surface area contributed by atoms with Crippen molar-refractivity contribution >= 4 is 34.0 Å². The molecule has 1 aromatic carbocycles. The number of hydrogen-bond donors (Lipinski definition) is 2. The van der Waals surface area contributed by atoms with Crippen molar-refractivity contribution in [2.24, 2.45) is 0 Å². The smallest absolute Gasteiger partial charge is 0.257 e. The van der Waals surface area contributed by atoms with Crippen molar-refractivity contribution in [2.75, 3.05) is 38.2 Å². The molecule has 0 atom stereocenters. The Morgan fingerprint density at radius 2 is 2.00 bits per heavy atom. The quantitative estimate of drug-likeness (QED) is 0.838. The van der Waals surface area contributed by atoms with Gasteiger partial charge in [0, 0.05) is 10.6 Å². The molecule has 1 saturated heterocycles. The SMILES string of the molecule is O=C(Nc1nnc(CC[NH+]2CCOCC2)s1)c1ccc(Cl)cc1. The monoisotopic (exact) mass is 353 g/mol. The minimum Gasteiger partial charge on any atom is -0.370 e. The number of ether oxygens (including phenoxy) is 1. The maximum atomic E-state index is 12.1. The second-order valence-electron chi connectivity index (χ2n) is 5.32. The summed E-state index contributed by atoms with van der Waals surface area (Å²) in [6, 6.07) is 6.74. The Morgan fingerprint density at radius 1 is 1.26 bits per heavy atom. The zero-order chi connectivity index (χ0) is 16.1. The molecule has 1 aromatic heterocycles. The maximum absolute atomic E-state index is 12.1. The molecule has 1 aliphatic heterocycles. The van der Waals surface area contributed by atoms with Crippen molar-refractivity contribution in [3.63, 3.8) is 0 Å². The predicted molar refractivity (Wildman–Crippen MR) is 89.4 cm³/mol. The van der Waals surface area contributed by atoms with E-state index >= 15 is 0 Å². The molecule has 0 unspecified atom stereocenters. The van der Waals surface area contributed by atoms with E-state index < -0.39 is 0 Å². The van der Waals surface area contributed by atoms with Gasteiger partial charge in [0.1, 0.15) is 18.1 Å². The molecule has 2 aromatic rings. The number of benzene rings is 1. The molecular formula is C15H18ClN4O2S+. The van der Waals surface area contributed by atoms with Crippen LogP contribution in [0.2, 0.25) is 5.02 Å². The first-order valence-electron chi connectivity index (χ1n) is 7.51. The van der Waals surface area contributed by atoms with E-state index in [4.69, 9.17) is 16.3 Å². The number of nitrogens with one attached hydrogen (secondary N) is 2. The van der Waals surface area contributed by atoms with Gasteiger partial charge in [-0.1, -0.05) is 22.9 Å². The van der Waals surface area contributed by atoms with Crippen LogP contribution in [0.15, 0.2) is 24.3 Å². The Morgan fingerprint density at radius 3 is 2.74 bits per heavy atom. The molecule has 122 valence electrons. The number of halogens is 1. The molecule has 2 heterocycles. The Balaban J connectivity index is 1.52. The highest BCUT2D eigenvalue weighted by molar-refractivity contribution is 7.15. The number of anilines is 1. The van der Waals surface area contributed by atoms with Crippen molar-refractivity contribution in [1.29, 1.82) is 0 Å². The van der Waals surface area contributed by atoms with Gasteiger partial charge in [-0.15, -0.1) is 10.2 Å². The van der Waals surface area contributed by atoms with E-state index in [9.17, 15) is 4.79 Å². The topological polar surface area (TPSA) is 68.5 Å². The van der Waals surface area contributed by atoms with Crippen molar-refractivity contribution in [2.45, 2.75) is 6.42 Å². The lowest BCUT2D eigenvalue weighted by Gasteiger charge is -2.23. The highest BCUT2D eigenvalue weighted by atomic mass is 35.5. The van der Waals surface area contributed by atoms with Gasteiger partial charge in [0.25, 0.3) is 5.91 Å². The summed E-state index contributed by atoms with van der Waals surface area (Å²) in [5, 5.41) is 13.0. The summed E-state index contributed by atoms with van der Waals surface area (Å²) in [4.78, 5) is 13.6. The molecule has 1 aliphatic rings. The zero-order valence-corrected chi connectivity index (χ0v) is 14.1. The van der Waals surface area contributed by atoms with Crippen LogP contribution in [0.4, 0.5) is 5.13 Å². The molecule has 1 fully saturated rings. The number of morpholine rings is 1. The van der Waals surface area contributed by atoms with Gasteiger partial charge in [-0.2, -0.15) is 0 Å². The Hall–Kier alpha value is -1.54. The first-order chi connectivity index (χ1) is 11.2. The minimum absolute atomic E-state index is 0.205. The molecule has 2 N–H and O–H groups in total. The molecule has 0 bridgehead atoms. The van der Waals surface area contributed by atoms with E-state index in [-0.39, 0.29) is 5.91 Å². The van der Waals surface area contributed by atoms with Gasteiger partial charge in [0.15, 0.2) is 0 Å². The van der Waals surface area contributed by atoms with Gasteiger partial charge >= 0.3 is 0 Å². The van der Waals surface area contributed by atoms with Crippen molar-refractivity contribution < 1.29 is 14.4 Å². The van der Waals surface area contributed by atoms with Crippen molar-refractivity contribution in [3.05, 3.63) is 39.9 Å². The fraction of sp³-hybridized carbons (Fsp3) is 0.400. The number of carbonyl (C=O) groups is 1. The van der Waals surface area contributed by atoms with Crippen LogP contribution in [0.1, 0.15) is 15.4 Å². The summed E-state index contributed by atoms with van der Waals surface area (Å²) < 4.78 is 5.35. The minimum atomic E-state index is -0.205. The molecule has 23 heavy (non-hydrogen) atoms. The van der Waals surface area contributed by atoms with Crippen LogP contribution in [-0.2, 0) is 11.2 Å². The summed E-state index contributed by atoms with van der Waals surface area (Å²) in [6.45, 7) is 4.75. The van der Waals surface area contributed by atoms with Crippen LogP contribution in [-0.4, -0.2) is 49.0 Å². The molecular weight excluding hydrogens is 336 g/mol. The average Bonchev–Trinajstić information content (AvgIpc) is 3.02. The standard InChI is InChI=1S/C15H17ClN4O2S/c16-12-3-1-11(2-4-12)14(21)17-15-19-18-13(23-15)5-6-20-7-9-22-10-8-20/h1-4H,5-10H2,(H,17,19,21)/p+1. The number of hydrogen-bond acceptors (Lipinski definition) is 5. The largest absolute Gasteiger partial charge is 0.370 e. The van der Waals surface area contributed by atoms with Crippen molar-refractivity contribution in [1.82, 2.24) is 10.2 Å². The van der Waals surface area contributed by atoms with Gasteiger partial charge < -0.3 is 9.64 Å². The fourth-order valence-corrected chi connectivity index (χ4v) is 3.23. The lowest BCUT2D eigenvalue weighted by molar-refractivity contribution is -0.907. The molecule has 3 rings (SSSR count). The van der Waals surface area contributed by atoms with Crippen LogP contribution < -0.4 is 10.2 Å². The van der Waals surface area contributed by atoms with Gasteiger partial charge in [0.05, 0.1) is 26.2 Å². The third-order valence-electron chi connectivity index (χ3n) is 3.69. The summed E-state index contributed by atoms with van der Waals surface area (Å²) in [7, 11) is 0. The summed E-state index contributed by atoms with van der Waals surface area (Å²) in [6.07, 6.45) is 0.865. The fourth-order valence-electron chi connectivity index (χ4n) is 2.37. The van der Waals surface area contributed by atoms with Crippen LogP contribution in [0.3, 0.4) is 0 Å². The predicted octanol–water partition coefficient (Wildman–Crippen LogP) is 0.901. The number of aromatic nitrogens is 2. The van der Waals surface area contributed by atoms with Gasteiger partial charge in [0.2, 0.25) is 5.13 Å². The lowest BCUT2D eigenvalue weighted by atomic mass is 10.2. The number of carbonyl (C=O) groups excluding carboxylic acids is 1. The number of quaternary nitrogens is 1. The molecule has 8 heteroatoms. The summed E-state index contributed by atoms with van der Waals surface area (Å²) >= 11 is 7.24. The Labute approximate surface area is 143 Å². The van der Waals surface area contributed by atoms with Crippen LogP contribution in [0.25, 0.3) is 0 Å². The Bertz CT molecular complexity index is 656. The van der Waals surface area contributed by atoms with Crippen LogP contribution in [0, 0.1) is 0 Å². The first-order valence-corrected chi connectivity index (χ1v) is 8.71. The second-order valence-corrected chi connectivity index (χ2v) is 6.82. The van der Waals surface area contributed by atoms with Crippen LogP contribution in [0.5, 0.6) is 0 Å². The first kappa shape index (κ1) is 16.3. The van der Waals surface area contributed by atoms with Gasteiger partial charge in [-0.3, -0.25) is 10.1 Å². The summed E-state index contributed by atoms with van der Waals surface area (Å²) in [5.41, 5.74) is 0.545. The highest BCUT2D eigenvalue weighted by Gasteiger charge is 2.15. The maximum Gasteiger partial charge on any atom is 0.257 e. The third kappa shape index (κ3) is 4.71. The molecule has 0 saturated carbocycles. The molecule has 0 aliphatic carbocycles. The van der Waals surface area contributed by atoms with E-state index in [0.717, 1.165) is 44.3 Å². The van der Waals surface area contributed by atoms with E-state index in [1.807, 2.05) is 0 Å². The van der Waals surface area contributed by atoms with Crippen molar-refractivity contribution in [3.8, 4) is 0 Å². The molecule has 0 spiro atoms. The van der Waals surface area contributed by atoms with E-state index in [0.29, 0.717) is 15.7 Å². The van der Waals surface area contributed by atoms with Crippen LogP contribution >= 0.6 is 22.9 Å². The number of nitrogens with zero attached hydrogens (tertiary/aromatic N) is 2.